The molecule has 0 spiro atoms. The highest BCUT2D eigenvalue weighted by molar-refractivity contribution is 7.26. The van der Waals surface area contributed by atoms with Crippen LogP contribution in [0.3, 0.4) is 0 Å². The van der Waals surface area contributed by atoms with Crippen LogP contribution in [0.4, 0.5) is 0 Å². The molecule has 8 aromatic carbocycles. The Labute approximate surface area is 294 Å². The number of furan rings is 1. The van der Waals surface area contributed by atoms with Gasteiger partial charge in [0.25, 0.3) is 0 Å². The van der Waals surface area contributed by atoms with Crippen LogP contribution >= 0.6 is 11.3 Å². The number of hydrogen-bond acceptors (Lipinski definition) is 4. The fraction of sp³-hybridized carbons (Fsp3) is 0. The summed E-state index contributed by atoms with van der Waals surface area (Å²) < 4.78 is 11.9. The van der Waals surface area contributed by atoms with E-state index < -0.39 is 0 Å². The van der Waals surface area contributed by atoms with Crippen molar-refractivity contribution in [2.75, 3.05) is 0 Å². The summed E-state index contributed by atoms with van der Waals surface area (Å²) in [4.78, 5) is 10.4. The maximum Gasteiger partial charge on any atom is 0.160 e. The van der Waals surface area contributed by atoms with Crippen molar-refractivity contribution in [3.63, 3.8) is 0 Å². The van der Waals surface area contributed by atoms with Crippen LogP contribution in [-0.4, -0.2) is 14.5 Å². The topological polar surface area (TPSA) is 43.9 Å². The maximum atomic E-state index is 6.75. The van der Waals surface area contributed by atoms with E-state index in [4.69, 9.17) is 14.4 Å². The second-order valence-electron chi connectivity index (χ2n) is 13.3. The van der Waals surface area contributed by atoms with Crippen LogP contribution in [0, 0.1) is 0 Å². The SMILES string of the molecule is c1ccc(-c2nc(-c3cc(-n4c5cccc6ccc7c8sc9ccccc9c8cc4c7c65)cc4c3oc3ccccc34)c3ccccc3n2)cc1. The Kier molecular flexibility index (Phi) is 5.35. The summed E-state index contributed by atoms with van der Waals surface area (Å²) in [6.45, 7) is 0. The van der Waals surface area contributed by atoms with E-state index in [1.54, 1.807) is 0 Å². The van der Waals surface area contributed by atoms with Crippen LogP contribution in [0.5, 0.6) is 0 Å². The zero-order valence-electron chi connectivity index (χ0n) is 27.1. The minimum atomic E-state index is 0.689. The number of para-hydroxylation sites is 2. The highest BCUT2D eigenvalue weighted by Crippen LogP contribution is 2.47. The molecule has 12 rings (SSSR count). The first-order valence-electron chi connectivity index (χ1n) is 17.2. The van der Waals surface area contributed by atoms with Gasteiger partial charge in [-0.3, -0.25) is 0 Å². The molecule has 12 aromatic rings. The minimum Gasteiger partial charge on any atom is -0.455 e. The first kappa shape index (κ1) is 27.3. The molecule has 0 N–H and O–H groups in total. The molecule has 0 amide bonds. The Hall–Kier alpha value is -6.56. The Morgan fingerprint density at radius 1 is 0.529 bits per heavy atom. The summed E-state index contributed by atoms with van der Waals surface area (Å²) in [5.74, 6) is 0.689. The van der Waals surface area contributed by atoms with E-state index in [1.807, 2.05) is 41.7 Å². The summed E-state index contributed by atoms with van der Waals surface area (Å²) in [5.41, 5.74) is 8.79. The number of fused-ring (bicyclic) bond motifs is 8. The van der Waals surface area contributed by atoms with Crippen molar-refractivity contribution < 1.29 is 4.42 Å². The van der Waals surface area contributed by atoms with E-state index >= 15 is 0 Å². The molecule has 0 aliphatic carbocycles. The summed E-state index contributed by atoms with van der Waals surface area (Å²) in [5, 5.41) is 10.9. The van der Waals surface area contributed by atoms with E-state index in [0.29, 0.717) is 5.82 Å². The molecule has 4 heterocycles. The zero-order chi connectivity index (χ0) is 33.2. The predicted octanol–water partition coefficient (Wildman–Crippen LogP) is 12.9. The van der Waals surface area contributed by atoms with Crippen molar-refractivity contribution in [2.24, 2.45) is 0 Å². The molecule has 0 atom stereocenters. The van der Waals surface area contributed by atoms with Gasteiger partial charge in [0.2, 0.25) is 0 Å². The van der Waals surface area contributed by atoms with Crippen LogP contribution in [0.15, 0.2) is 156 Å². The fourth-order valence-electron chi connectivity index (χ4n) is 8.32. The standard InChI is InChI=1S/C46H25N3OS/c1-2-11-27(12-3-1)46-47-36-17-7-4-16-31(36)43(48-46)35-24-28(23-33-29-14-5-8-19-39(29)50-44(33)35)49-37-18-10-13-26-21-22-32-42(41(26)37)38(49)25-34-30-15-6-9-20-40(30)51-45(32)34/h1-25H. The highest BCUT2D eigenvalue weighted by Gasteiger charge is 2.24. The van der Waals surface area contributed by atoms with Crippen molar-refractivity contribution in [1.82, 2.24) is 14.5 Å². The van der Waals surface area contributed by atoms with Gasteiger partial charge in [-0.1, -0.05) is 109 Å². The molecule has 4 nitrogen and oxygen atoms in total. The molecule has 0 fully saturated rings. The lowest BCUT2D eigenvalue weighted by Crippen LogP contribution is -1.98. The molecule has 0 radical (unpaired) electrons. The molecular formula is C46H25N3OS. The largest absolute Gasteiger partial charge is 0.455 e. The Bertz CT molecular complexity index is 3370. The molecule has 0 saturated heterocycles. The fourth-order valence-corrected chi connectivity index (χ4v) is 9.53. The van der Waals surface area contributed by atoms with Gasteiger partial charge >= 0.3 is 0 Å². The van der Waals surface area contributed by atoms with Gasteiger partial charge in [-0.25, -0.2) is 9.97 Å². The third kappa shape index (κ3) is 3.73. The second kappa shape index (κ2) is 10.0. The van der Waals surface area contributed by atoms with Crippen molar-refractivity contribution in [2.45, 2.75) is 0 Å². The lowest BCUT2D eigenvalue weighted by molar-refractivity contribution is 0.670. The first-order chi connectivity index (χ1) is 25.3. The van der Waals surface area contributed by atoms with Crippen LogP contribution in [0.25, 0.3) is 114 Å². The van der Waals surface area contributed by atoms with Crippen LogP contribution in [-0.2, 0) is 0 Å². The summed E-state index contributed by atoms with van der Waals surface area (Å²) in [6, 6.07) is 53.9. The smallest absolute Gasteiger partial charge is 0.160 e. The average Bonchev–Trinajstić information content (AvgIpc) is 3.87. The van der Waals surface area contributed by atoms with Gasteiger partial charge in [0.1, 0.15) is 11.2 Å². The molecule has 4 aromatic heterocycles. The van der Waals surface area contributed by atoms with E-state index in [2.05, 4.69) is 126 Å². The molecule has 0 aliphatic rings. The van der Waals surface area contributed by atoms with Gasteiger partial charge in [0.05, 0.1) is 22.2 Å². The lowest BCUT2D eigenvalue weighted by atomic mass is 10.00. The second-order valence-corrected chi connectivity index (χ2v) is 14.4. The first-order valence-corrected chi connectivity index (χ1v) is 18.0. The minimum absolute atomic E-state index is 0.689. The summed E-state index contributed by atoms with van der Waals surface area (Å²) in [7, 11) is 0. The van der Waals surface area contributed by atoms with Gasteiger partial charge in [0, 0.05) is 69.3 Å². The molecule has 51 heavy (non-hydrogen) atoms. The van der Waals surface area contributed by atoms with Crippen molar-refractivity contribution in [1.29, 1.82) is 0 Å². The number of benzene rings is 8. The number of hydrogen-bond donors (Lipinski definition) is 0. The van der Waals surface area contributed by atoms with Gasteiger partial charge in [-0.2, -0.15) is 0 Å². The molecule has 236 valence electrons. The van der Waals surface area contributed by atoms with Crippen molar-refractivity contribution in [3.8, 4) is 28.3 Å². The number of rotatable bonds is 3. The van der Waals surface area contributed by atoms with Crippen LogP contribution in [0.1, 0.15) is 0 Å². The Morgan fingerprint density at radius 3 is 2.25 bits per heavy atom. The average molecular weight is 668 g/mol. The Morgan fingerprint density at radius 2 is 1.33 bits per heavy atom. The van der Waals surface area contributed by atoms with Gasteiger partial charge < -0.3 is 8.98 Å². The third-order valence-electron chi connectivity index (χ3n) is 10.5. The van der Waals surface area contributed by atoms with E-state index in [1.165, 1.54) is 52.8 Å². The lowest BCUT2D eigenvalue weighted by Gasteiger charge is -2.14. The molecule has 0 aliphatic heterocycles. The molecule has 0 saturated carbocycles. The van der Waals surface area contributed by atoms with Gasteiger partial charge in [0.15, 0.2) is 5.82 Å². The number of thiophene rings is 1. The third-order valence-corrected chi connectivity index (χ3v) is 11.8. The molecule has 5 heteroatoms. The monoisotopic (exact) mass is 667 g/mol. The van der Waals surface area contributed by atoms with Crippen LogP contribution < -0.4 is 0 Å². The molecular weight excluding hydrogens is 643 g/mol. The molecule has 0 unspecified atom stereocenters. The molecule has 0 bridgehead atoms. The summed E-state index contributed by atoms with van der Waals surface area (Å²) in [6.07, 6.45) is 0. The van der Waals surface area contributed by atoms with E-state index in [-0.39, 0.29) is 0 Å². The van der Waals surface area contributed by atoms with E-state index in [0.717, 1.165) is 55.3 Å². The quantitative estimate of drug-likeness (QED) is 0.176. The van der Waals surface area contributed by atoms with Crippen molar-refractivity contribution in [3.05, 3.63) is 152 Å². The van der Waals surface area contributed by atoms with E-state index in [9.17, 15) is 0 Å². The highest BCUT2D eigenvalue weighted by atomic mass is 32.1. The zero-order valence-corrected chi connectivity index (χ0v) is 27.9. The Balaban J connectivity index is 1.26. The summed E-state index contributed by atoms with van der Waals surface area (Å²) >= 11 is 1.89. The van der Waals surface area contributed by atoms with Crippen molar-refractivity contribution >= 4 is 96.9 Å². The van der Waals surface area contributed by atoms with Crippen LogP contribution in [0.2, 0.25) is 0 Å². The van der Waals surface area contributed by atoms with Gasteiger partial charge in [-0.05, 0) is 47.9 Å². The van der Waals surface area contributed by atoms with Gasteiger partial charge in [-0.15, -0.1) is 11.3 Å². The predicted molar refractivity (Wildman–Crippen MR) is 214 cm³/mol. The number of aromatic nitrogens is 3. The number of nitrogens with zero attached hydrogens (tertiary/aromatic N) is 3. The maximum absolute atomic E-state index is 6.75. The normalized spacial score (nSPS) is 12.3.